The maximum absolute atomic E-state index is 11.3. The molecule has 0 amide bonds. The summed E-state index contributed by atoms with van der Waals surface area (Å²) in [4.78, 5) is 16.7. The van der Waals surface area contributed by atoms with E-state index in [0.29, 0.717) is 17.9 Å². The van der Waals surface area contributed by atoms with Crippen molar-refractivity contribution in [2.24, 2.45) is 0 Å². The van der Waals surface area contributed by atoms with Crippen molar-refractivity contribution in [1.82, 2.24) is 4.98 Å². The average Bonchev–Trinajstić information content (AvgIpc) is 2.47. The number of nitrogens with one attached hydrogen (secondary N) is 1. The molecule has 0 aliphatic heterocycles. The standard InChI is InChI=1S/C14H16N4O2/c1-15-12-4-3-5-13(14(12)18(19)20)17(2)10-11-6-8-16-9-7-11/h3-9,15H,10H2,1-2H3. The molecule has 0 fully saturated rings. The normalized spacial score (nSPS) is 10.1. The molecule has 0 bridgehead atoms. The van der Waals surface area contributed by atoms with Crippen LogP contribution in [-0.2, 0) is 6.54 Å². The van der Waals surface area contributed by atoms with Gasteiger partial charge in [-0.05, 0) is 29.8 Å². The molecular formula is C14H16N4O2. The zero-order chi connectivity index (χ0) is 14.5. The van der Waals surface area contributed by atoms with Crippen LogP contribution in [0.4, 0.5) is 17.1 Å². The molecule has 0 unspecified atom stereocenters. The fourth-order valence-corrected chi connectivity index (χ4v) is 2.08. The largest absolute Gasteiger partial charge is 0.382 e. The highest BCUT2D eigenvalue weighted by atomic mass is 16.6. The van der Waals surface area contributed by atoms with Crippen molar-refractivity contribution in [1.29, 1.82) is 0 Å². The Kier molecular flexibility index (Phi) is 4.14. The summed E-state index contributed by atoms with van der Waals surface area (Å²) in [6, 6.07) is 9.04. The summed E-state index contributed by atoms with van der Waals surface area (Å²) in [6.07, 6.45) is 3.42. The first-order valence-corrected chi connectivity index (χ1v) is 6.18. The Labute approximate surface area is 117 Å². The molecule has 0 aliphatic rings. The summed E-state index contributed by atoms with van der Waals surface area (Å²) >= 11 is 0. The fraction of sp³-hybridized carbons (Fsp3) is 0.214. The Morgan fingerprint density at radius 1 is 1.30 bits per heavy atom. The number of hydrogen-bond donors (Lipinski definition) is 1. The summed E-state index contributed by atoms with van der Waals surface area (Å²) in [5.41, 5.74) is 2.23. The van der Waals surface area contributed by atoms with E-state index in [1.807, 2.05) is 24.1 Å². The lowest BCUT2D eigenvalue weighted by Crippen LogP contribution is -2.18. The fourth-order valence-electron chi connectivity index (χ4n) is 2.08. The number of pyridine rings is 1. The molecule has 2 rings (SSSR count). The molecule has 6 nitrogen and oxygen atoms in total. The van der Waals surface area contributed by atoms with Crippen molar-refractivity contribution in [2.75, 3.05) is 24.3 Å². The average molecular weight is 272 g/mol. The summed E-state index contributed by atoms with van der Waals surface area (Å²) < 4.78 is 0. The second kappa shape index (κ2) is 6.01. The highest BCUT2D eigenvalue weighted by Gasteiger charge is 2.21. The Balaban J connectivity index is 2.34. The quantitative estimate of drug-likeness (QED) is 0.669. The van der Waals surface area contributed by atoms with E-state index in [-0.39, 0.29) is 10.6 Å². The van der Waals surface area contributed by atoms with E-state index in [4.69, 9.17) is 0 Å². The van der Waals surface area contributed by atoms with Gasteiger partial charge in [-0.1, -0.05) is 6.07 Å². The van der Waals surface area contributed by atoms with Gasteiger partial charge >= 0.3 is 5.69 Å². The van der Waals surface area contributed by atoms with Gasteiger partial charge in [0.2, 0.25) is 0 Å². The second-order valence-corrected chi connectivity index (χ2v) is 4.39. The van der Waals surface area contributed by atoms with Crippen LogP contribution in [0.1, 0.15) is 5.56 Å². The predicted molar refractivity (Wildman–Crippen MR) is 79.0 cm³/mol. The maximum Gasteiger partial charge on any atom is 0.315 e. The van der Waals surface area contributed by atoms with Crippen molar-refractivity contribution in [2.45, 2.75) is 6.54 Å². The maximum atomic E-state index is 11.3. The van der Waals surface area contributed by atoms with Crippen LogP contribution in [0.25, 0.3) is 0 Å². The number of aromatic nitrogens is 1. The SMILES string of the molecule is CNc1cccc(N(C)Cc2ccncc2)c1[N+](=O)[O-]. The highest BCUT2D eigenvalue weighted by Crippen LogP contribution is 2.35. The van der Waals surface area contributed by atoms with Crippen LogP contribution in [0, 0.1) is 10.1 Å². The van der Waals surface area contributed by atoms with Crippen molar-refractivity contribution in [3.8, 4) is 0 Å². The Morgan fingerprint density at radius 3 is 2.60 bits per heavy atom. The number of nitro benzene ring substituents is 1. The first kappa shape index (κ1) is 13.8. The second-order valence-electron chi connectivity index (χ2n) is 4.39. The summed E-state index contributed by atoms with van der Waals surface area (Å²) in [5, 5.41) is 14.1. The van der Waals surface area contributed by atoms with Crippen LogP contribution in [0.15, 0.2) is 42.7 Å². The van der Waals surface area contributed by atoms with E-state index < -0.39 is 0 Å². The molecule has 6 heteroatoms. The molecule has 0 saturated carbocycles. The molecule has 0 radical (unpaired) electrons. The van der Waals surface area contributed by atoms with E-state index in [0.717, 1.165) is 5.56 Å². The van der Waals surface area contributed by atoms with Gasteiger partial charge in [-0.2, -0.15) is 0 Å². The van der Waals surface area contributed by atoms with Gasteiger partial charge in [0, 0.05) is 33.0 Å². The van der Waals surface area contributed by atoms with Crippen LogP contribution < -0.4 is 10.2 Å². The Morgan fingerprint density at radius 2 is 2.00 bits per heavy atom. The lowest BCUT2D eigenvalue weighted by atomic mass is 10.2. The van der Waals surface area contributed by atoms with Crippen LogP contribution in [0.5, 0.6) is 0 Å². The van der Waals surface area contributed by atoms with Gasteiger partial charge in [-0.3, -0.25) is 15.1 Å². The van der Waals surface area contributed by atoms with E-state index in [1.165, 1.54) is 0 Å². The lowest BCUT2D eigenvalue weighted by molar-refractivity contribution is -0.383. The minimum Gasteiger partial charge on any atom is -0.382 e. The lowest BCUT2D eigenvalue weighted by Gasteiger charge is -2.20. The number of rotatable bonds is 5. The van der Waals surface area contributed by atoms with Gasteiger partial charge < -0.3 is 10.2 Å². The van der Waals surface area contributed by atoms with Crippen LogP contribution >= 0.6 is 0 Å². The molecule has 0 atom stereocenters. The number of anilines is 2. The number of para-hydroxylation sites is 1. The number of nitrogens with zero attached hydrogens (tertiary/aromatic N) is 3. The van der Waals surface area contributed by atoms with Crippen LogP contribution in [-0.4, -0.2) is 24.0 Å². The predicted octanol–water partition coefficient (Wildman–Crippen LogP) is 2.67. The molecule has 1 aromatic carbocycles. The van der Waals surface area contributed by atoms with Crippen LogP contribution in [0.2, 0.25) is 0 Å². The van der Waals surface area contributed by atoms with E-state index in [2.05, 4.69) is 10.3 Å². The minimum absolute atomic E-state index is 0.0894. The number of hydrogen-bond acceptors (Lipinski definition) is 5. The monoisotopic (exact) mass is 272 g/mol. The van der Waals surface area contributed by atoms with Gasteiger partial charge in [0.1, 0.15) is 11.4 Å². The van der Waals surface area contributed by atoms with Crippen LogP contribution in [0.3, 0.4) is 0 Å². The van der Waals surface area contributed by atoms with Crippen molar-refractivity contribution in [3.63, 3.8) is 0 Å². The third kappa shape index (κ3) is 2.85. The smallest absolute Gasteiger partial charge is 0.315 e. The molecule has 20 heavy (non-hydrogen) atoms. The Bertz CT molecular complexity index is 601. The van der Waals surface area contributed by atoms with Gasteiger partial charge in [-0.25, -0.2) is 0 Å². The van der Waals surface area contributed by atoms with Crippen molar-refractivity contribution >= 4 is 17.1 Å². The van der Waals surface area contributed by atoms with Crippen molar-refractivity contribution < 1.29 is 4.92 Å². The molecular weight excluding hydrogens is 256 g/mol. The van der Waals surface area contributed by atoms with Gasteiger partial charge in [0.25, 0.3) is 0 Å². The third-order valence-corrected chi connectivity index (χ3v) is 3.05. The molecule has 0 aliphatic carbocycles. The Hall–Kier alpha value is -2.63. The van der Waals surface area contributed by atoms with Gasteiger partial charge in [-0.15, -0.1) is 0 Å². The van der Waals surface area contributed by atoms with E-state index in [1.54, 1.807) is 37.6 Å². The van der Waals surface area contributed by atoms with E-state index in [9.17, 15) is 10.1 Å². The first-order valence-electron chi connectivity index (χ1n) is 6.18. The summed E-state index contributed by atoms with van der Waals surface area (Å²) in [7, 11) is 3.51. The molecule has 0 spiro atoms. The summed E-state index contributed by atoms with van der Waals surface area (Å²) in [6.45, 7) is 0.580. The molecule has 1 N–H and O–H groups in total. The zero-order valence-electron chi connectivity index (χ0n) is 11.4. The van der Waals surface area contributed by atoms with E-state index >= 15 is 0 Å². The highest BCUT2D eigenvalue weighted by molar-refractivity contribution is 5.76. The molecule has 1 heterocycles. The first-order chi connectivity index (χ1) is 9.63. The number of nitro groups is 1. The zero-order valence-corrected chi connectivity index (χ0v) is 11.4. The third-order valence-electron chi connectivity index (χ3n) is 3.05. The van der Waals surface area contributed by atoms with Gasteiger partial charge in [0.15, 0.2) is 0 Å². The molecule has 104 valence electrons. The molecule has 0 saturated heterocycles. The molecule has 2 aromatic rings. The molecule has 1 aromatic heterocycles. The summed E-state index contributed by atoms with van der Waals surface area (Å²) in [5.74, 6) is 0. The minimum atomic E-state index is -0.357. The van der Waals surface area contributed by atoms with Gasteiger partial charge in [0.05, 0.1) is 4.92 Å². The number of benzene rings is 1. The topological polar surface area (TPSA) is 71.3 Å². The van der Waals surface area contributed by atoms with Crippen molar-refractivity contribution in [3.05, 3.63) is 58.4 Å².